The Morgan fingerprint density at radius 2 is 2.00 bits per heavy atom. The summed E-state index contributed by atoms with van der Waals surface area (Å²) in [5, 5.41) is 2.92. The molecule has 1 aliphatic rings. The molecule has 5 heteroatoms. The average molecular weight is 298 g/mol. The first kappa shape index (κ1) is 17.0. The SMILES string of the molecule is CC(C)NC(=O)CN1C[C@@H](N)[C@H](c2ccccc2)C1.Cl. The van der Waals surface area contributed by atoms with Crippen molar-refractivity contribution < 1.29 is 4.79 Å². The molecule has 4 nitrogen and oxygen atoms in total. The predicted molar refractivity (Wildman–Crippen MR) is 84.1 cm³/mol. The summed E-state index contributed by atoms with van der Waals surface area (Å²) < 4.78 is 0. The van der Waals surface area contributed by atoms with E-state index in [1.54, 1.807) is 0 Å². The Bertz CT molecular complexity index is 424. The molecule has 1 fully saturated rings. The minimum Gasteiger partial charge on any atom is -0.353 e. The topological polar surface area (TPSA) is 58.4 Å². The number of nitrogens with two attached hydrogens (primary N) is 1. The third-order valence-electron chi connectivity index (χ3n) is 3.49. The second-order valence-electron chi connectivity index (χ2n) is 5.60. The summed E-state index contributed by atoms with van der Waals surface area (Å²) in [6, 6.07) is 10.6. The summed E-state index contributed by atoms with van der Waals surface area (Å²) in [7, 11) is 0. The molecule has 1 amide bonds. The van der Waals surface area contributed by atoms with E-state index < -0.39 is 0 Å². The minimum absolute atomic E-state index is 0. The smallest absolute Gasteiger partial charge is 0.234 e. The van der Waals surface area contributed by atoms with Gasteiger partial charge in [-0.15, -0.1) is 12.4 Å². The Labute approximate surface area is 127 Å². The number of hydrogen-bond donors (Lipinski definition) is 2. The zero-order valence-corrected chi connectivity index (χ0v) is 12.9. The quantitative estimate of drug-likeness (QED) is 0.882. The van der Waals surface area contributed by atoms with E-state index in [0.29, 0.717) is 12.5 Å². The van der Waals surface area contributed by atoms with E-state index in [1.165, 1.54) is 5.56 Å². The lowest BCUT2D eigenvalue weighted by Gasteiger charge is -2.16. The lowest BCUT2D eigenvalue weighted by molar-refractivity contribution is -0.122. The van der Waals surface area contributed by atoms with Crippen molar-refractivity contribution in [3.8, 4) is 0 Å². The van der Waals surface area contributed by atoms with Gasteiger partial charge in [0.2, 0.25) is 5.91 Å². The number of halogens is 1. The summed E-state index contributed by atoms with van der Waals surface area (Å²) in [6.07, 6.45) is 0. The summed E-state index contributed by atoms with van der Waals surface area (Å²) in [5.74, 6) is 0.406. The van der Waals surface area contributed by atoms with Gasteiger partial charge in [0.05, 0.1) is 6.54 Å². The fourth-order valence-electron chi connectivity index (χ4n) is 2.67. The van der Waals surface area contributed by atoms with Gasteiger partial charge in [-0.05, 0) is 19.4 Å². The van der Waals surface area contributed by atoms with Crippen molar-refractivity contribution in [3.63, 3.8) is 0 Å². The van der Waals surface area contributed by atoms with Crippen molar-refractivity contribution >= 4 is 18.3 Å². The number of hydrogen-bond acceptors (Lipinski definition) is 3. The monoisotopic (exact) mass is 297 g/mol. The fraction of sp³-hybridized carbons (Fsp3) is 0.533. The van der Waals surface area contributed by atoms with Gasteiger partial charge in [-0.3, -0.25) is 9.69 Å². The average Bonchev–Trinajstić information content (AvgIpc) is 2.70. The van der Waals surface area contributed by atoms with Crippen LogP contribution in [0.25, 0.3) is 0 Å². The van der Waals surface area contributed by atoms with Gasteiger partial charge in [0.15, 0.2) is 0 Å². The molecule has 0 radical (unpaired) electrons. The number of benzene rings is 1. The lowest BCUT2D eigenvalue weighted by atomic mass is 9.95. The standard InChI is InChI=1S/C15H23N3O.ClH/c1-11(2)17-15(19)10-18-8-13(14(16)9-18)12-6-4-3-5-7-12;/h3-7,11,13-14H,8-10,16H2,1-2H3,(H,17,19);1H/t13-,14+;/m0./s1. The van der Waals surface area contributed by atoms with Gasteiger partial charge in [0, 0.05) is 31.1 Å². The first-order valence-electron chi connectivity index (χ1n) is 6.88. The number of nitrogens with one attached hydrogen (secondary N) is 1. The van der Waals surface area contributed by atoms with Crippen LogP contribution in [-0.2, 0) is 4.79 Å². The third kappa shape index (κ3) is 4.47. The number of likely N-dealkylation sites (tertiary alicyclic amines) is 1. The summed E-state index contributed by atoms with van der Waals surface area (Å²) in [5.41, 5.74) is 7.47. The van der Waals surface area contributed by atoms with Crippen LogP contribution in [0, 0.1) is 0 Å². The van der Waals surface area contributed by atoms with Crippen LogP contribution in [0.4, 0.5) is 0 Å². The maximum absolute atomic E-state index is 11.8. The Balaban J connectivity index is 0.00000200. The molecule has 1 heterocycles. The molecule has 3 N–H and O–H groups in total. The van der Waals surface area contributed by atoms with Gasteiger partial charge >= 0.3 is 0 Å². The van der Waals surface area contributed by atoms with E-state index in [0.717, 1.165) is 13.1 Å². The van der Waals surface area contributed by atoms with Crippen LogP contribution < -0.4 is 11.1 Å². The van der Waals surface area contributed by atoms with Gasteiger partial charge < -0.3 is 11.1 Å². The molecule has 20 heavy (non-hydrogen) atoms. The van der Waals surface area contributed by atoms with Gasteiger partial charge in [-0.2, -0.15) is 0 Å². The van der Waals surface area contributed by atoms with E-state index in [2.05, 4.69) is 22.3 Å². The highest BCUT2D eigenvalue weighted by atomic mass is 35.5. The molecule has 112 valence electrons. The zero-order chi connectivity index (χ0) is 13.8. The highest BCUT2D eigenvalue weighted by molar-refractivity contribution is 5.85. The maximum Gasteiger partial charge on any atom is 0.234 e. The van der Waals surface area contributed by atoms with E-state index in [-0.39, 0.29) is 30.4 Å². The van der Waals surface area contributed by atoms with Crippen molar-refractivity contribution in [1.82, 2.24) is 10.2 Å². The second kappa shape index (κ2) is 7.62. The summed E-state index contributed by atoms with van der Waals surface area (Å²) in [6.45, 7) is 6.03. The van der Waals surface area contributed by atoms with Crippen molar-refractivity contribution in [3.05, 3.63) is 35.9 Å². The zero-order valence-electron chi connectivity index (χ0n) is 12.1. The molecule has 0 bridgehead atoms. The molecule has 1 aromatic carbocycles. The number of nitrogens with zero attached hydrogens (tertiary/aromatic N) is 1. The van der Waals surface area contributed by atoms with Crippen LogP contribution in [0.1, 0.15) is 25.3 Å². The number of carbonyl (C=O) groups excluding carboxylic acids is 1. The molecular formula is C15H24ClN3O. The molecule has 0 aliphatic carbocycles. The van der Waals surface area contributed by atoms with Crippen LogP contribution in [-0.4, -0.2) is 42.5 Å². The van der Waals surface area contributed by atoms with E-state index in [1.807, 2.05) is 32.0 Å². The Kier molecular flexibility index (Phi) is 6.46. The van der Waals surface area contributed by atoms with Crippen molar-refractivity contribution in [2.24, 2.45) is 5.73 Å². The number of amides is 1. The second-order valence-corrected chi connectivity index (χ2v) is 5.60. The molecule has 1 saturated heterocycles. The normalized spacial score (nSPS) is 22.6. The molecule has 0 spiro atoms. The van der Waals surface area contributed by atoms with Gasteiger partial charge in [-0.25, -0.2) is 0 Å². The summed E-state index contributed by atoms with van der Waals surface area (Å²) in [4.78, 5) is 13.9. The predicted octanol–water partition coefficient (Wildman–Crippen LogP) is 1.36. The van der Waals surface area contributed by atoms with Crippen molar-refractivity contribution in [1.29, 1.82) is 0 Å². The van der Waals surface area contributed by atoms with Crippen LogP contribution in [0.5, 0.6) is 0 Å². The molecule has 0 unspecified atom stereocenters. The molecule has 0 saturated carbocycles. The van der Waals surface area contributed by atoms with Gasteiger partial charge in [-0.1, -0.05) is 30.3 Å². The Morgan fingerprint density at radius 1 is 1.35 bits per heavy atom. The first-order valence-corrected chi connectivity index (χ1v) is 6.88. The molecule has 2 atom stereocenters. The highest BCUT2D eigenvalue weighted by Gasteiger charge is 2.31. The molecular weight excluding hydrogens is 274 g/mol. The fourth-order valence-corrected chi connectivity index (χ4v) is 2.67. The minimum atomic E-state index is 0. The maximum atomic E-state index is 11.8. The van der Waals surface area contributed by atoms with Crippen molar-refractivity contribution in [2.75, 3.05) is 19.6 Å². The Morgan fingerprint density at radius 3 is 2.60 bits per heavy atom. The largest absolute Gasteiger partial charge is 0.353 e. The van der Waals surface area contributed by atoms with Crippen LogP contribution in [0.2, 0.25) is 0 Å². The number of rotatable bonds is 4. The molecule has 1 aliphatic heterocycles. The van der Waals surface area contributed by atoms with Crippen LogP contribution in [0.3, 0.4) is 0 Å². The van der Waals surface area contributed by atoms with Crippen molar-refractivity contribution in [2.45, 2.75) is 31.8 Å². The van der Waals surface area contributed by atoms with E-state index in [9.17, 15) is 4.79 Å². The van der Waals surface area contributed by atoms with Crippen LogP contribution in [0.15, 0.2) is 30.3 Å². The first-order chi connectivity index (χ1) is 9.06. The van der Waals surface area contributed by atoms with E-state index >= 15 is 0 Å². The van der Waals surface area contributed by atoms with Gasteiger partial charge in [0.1, 0.15) is 0 Å². The number of carbonyl (C=O) groups is 1. The van der Waals surface area contributed by atoms with Crippen LogP contribution >= 0.6 is 12.4 Å². The third-order valence-corrected chi connectivity index (χ3v) is 3.49. The van der Waals surface area contributed by atoms with Gasteiger partial charge in [0.25, 0.3) is 0 Å². The summed E-state index contributed by atoms with van der Waals surface area (Å²) >= 11 is 0. The molecule has 0 aromatic heterocycles. The Hall–Kier alpha value is -1.10. The van der Waals surface area contributed by atoms with E-state index in [4.69, 9.17) is 5.73 Å². The highest BCUT2D eigenvalue weighted by Crippen LogP contribution is 2.25. The molecule has 2 rings (SSSR count). The lowest BCUT2D eigenvalue weighted by Crippen LogP contribution is -2.40. The molecule has 1 aromatic rings.